The SMILES string of the molecule is C[C](C)I. The van der Waals surface area contributed by atoms with Crippen molar-refractivity contribution in [1.29, 1.82) is 0 Å². The molecule has 0 rings (SSSR count). The molecule has 0 saturated heterocycles. The minimum Gasteiger partial charge on any atom is -0.0780 e. The van der Waals surface area contributed by atoms with E-state index < -0.39 is 0 Å². The molecule has 0 saturated carbocycles. The van der Waals surface area contributed by atoms with Crippen molar-refractivity contribution in [3.8, 4) is 0 Å². The lowest BCUT2D eigenvalue weighted by molar-refractivity contribution is 1.38. The molecule has 0 N–H and O–H groups in total. The van der Waals surface area contributed by atoms with Crippen molar-refractivity contribution in [3.63, 3.8) is 0 Å². The molecule has 25 valence electrons. The van der Waals surface area contributed by atoms with Gasteiger partial charge in [0.05, 0.1) is 0 Å². The van der Waals surface area contributed by atoms with Crippen LogP contribution >= 0.6 is 22.6 Å². The molecule has 0 fully saturated rings. The summed E-state index contributed by atoms with van der Waals surface area (Å²) in [5.74, 6) is 0. The monoisotopic (exact) mass is 169 g/mol. The zero-order chi connectivity index (χ0) is 3.58. The zero-order valence-corrected chi connectivity index (χ0v) is 5.04. The Labute approximate surface area is 40.7 Å². The van der Waals surface area contributed by atoms with Crippen LogP contribution in [0.15, 0.2) is 0 Å². The van der Waals surface area contributed by atoms with Gasteiger partial charge in [-0.1, -0.05) is 22.6 Å². The molecule has 0 aromatic rings. The maximum absolute atomic E-state index is 2.26. The molecular weight excluding hydrogens is 163 g/mol. The molecule has 0 unspecified atom stereocenters. The van der Waals surface area contributed by atoms with E-state index in [9.17, 15) is 0 Å². The summed E-state index contributed by atoms with van der Waals surface area (Å²) >= 11 is 2.26. The Morgan fingerprint density at radius 3 is 1.50 bits per heavy atom. The van der Waals surface area contributed by atoms with Crippen LogP contribution in [0.25, 0.3) is 0 Å². The molecule has 0 spiro atoms. The topological polar surface area (TPSA) is 0 Å². The molecular formula is C3H6I. The van der Waals surface area contributed by atoms with Crippen LogP contribution in [0.2, 0.25) is 0 Å². The van der Waals surface area contributed by atoms with E-state index in [1.54, 1.807) is 0 Å². The fraction of sp³-hybridized carbons (Fsp3) is 0.667. The first-order valence-corrected chi connectivity index (χ1v) is 2.27. The summed E-state index contributed by atoms with van der Waals surface area (Å²) in [4.78, 5) is 0. The van der Waals surface area contributed by atoms with Crippen LogP contribution in [-0.4, -0.2) is 0 Å². The van der Waals surface area contributed by atoms with Crippen LogP contribution < -0.4 is 0 Å². The van der Waals surface area contributed by atoms with Crippen molar-refractivity contribution in [2.75, 3.05) is 0 Å². The molecule has 1 heteroatoms. The average Bonchev–Trinajstić information content (AvgIpc) is 0.811. The van der Waals surface area contributed by atoms with Gasteiger partial charge < -0.3 is 0 Å². The van der Waals surface area contributed by atoms with E-state index in [1.165, 1.54) is 3.92 Å². The Balaban J connectivity index is 2.32. The summed E-state index contributed by atoms with van der Waals surface area (Å²) in [6, 6.07) is 0. The molecule has 4 heavy (non-hydrogen) atoms. The summed E-state index contributed by atoms with van der Waals surface area (Å²) in [5, 5.41) is 0. The van der Waals surface area contributed by atoms with Crippen LogP contribution in [0.4, 0.5) is 0 Å². The highest BCUT2D eigenvalue weighted by atomic mass is 127. The third-order valence-electron chi connectivity index (χ3n) is 0. The quantitative estimate of drug-likeness (QED) is 0.486. The lowest BCUT2D eigenvalue weighted by Crippen LogP contribution is -1.53. The Kier molecular flexibility index (Phi) is 2.36. The maximum atomic E-state index is 2.26. The first kappa shape index (κ1) is 4.73. The summed E-state index contributed by atoms with van der Waals surface area (Å²) in [6.45, 7) is 4.14. The van der Waals surface area contributed by atoms with Crippen molar-refractivity contribution < 1.29 is 0 Å². The Morgan fingerprint density at radius 2 is 1.50 bits per heavy atom. The van der Waals surface area contributed by atoms with Gasteiger partial charge in [-0.15, -0.1) is 0 Å². The Hall–Kier alpha value is 0.730. The molecule has 1 radical (unpaired) electrons. The number of rotatable bonds is 0. The summed E-state index contributed by atoms with van der Waals surface area (Å²) in [7, 11) is 0. The largest absolute Gasteiger partial charge is 0.0780 e. The van der Waals surface area contributed by atoms with Gasteiger partial charge in [0.25, 0.3) is 0 Å². The molecule has 0 bridgehead atoms. The van der Waals surface area contributed by atoms with E-state index in [0.717, 1.165) is 0 Å². The minimum absolute atomic E-state index is 1.39. The molecule has 0 atom stereocenters. The highest BCUT2D eigenvalue weighted by Gasteiger charge is 1.72. The van der Waals surface area contributed by atoms with Gasteiger partial charge in [0.1, 0.15) is 0 Å². The molecule has 0 aliphatic rings. The predicted molar refractivity (Wildman–Crippen MR) is 28.6 cm³/mol. The van der Waals surface area contributed by atoms with Gasteiger partial charge in [-0.05, 0) is 13.8 Å². The van der Waals surface area contributed by atoms with E-state index in [-0.39, 0.29) is 0 Å². The van der Waals surface area contributed by atoms with Gasteiger partial charge in [-0.2, -0.15) is 0 Å². The third kappa shape index (κ3) is 15.3. The van der Waals surface area contributed by atoms with Crippen LogP contribution in [-0.2, 0) is 0 Å². The third-order valence-corrected chi connectivity index (χ3v) is 0. The second-order valence-corrected chi connectivity index (χ2v) is 3.04. The fourth-order valence-electron chi connectivity index (χ4n) is 0. The van der Waals surface area contributed by atoms with Gasteiger partial charge in [-0.25, -0.2) is 0 Å². The molecule has 0 aromatic carbocycles. The molecule has 0 aromatic heterocycles. The Bertz CT molecular complexity index is 8.00. The lowest BCUT2D eigenvalue weighted by Gasteiger charge is -1.75. The lowest BCUT2D eigenvalue weighted by atomic mass is 10.6. The van der Waals surface area contributed by atoms with E-state index in [0.29, 0.717) is 0 Å². The van der Waals surface area contributed by atoms with Crippen LogP contribution in [0.1, 0.15) is 13.8 Å². The molecule has 0 aliphatic carbocycles. The number of halogens is 1. The summed E-state index contributed by atoms with van der Waals surface area (Å²) < 4.78 is 1.39. The fourth-order valence-corrected chi connectivity index (χ4v) is 0. The van der Waals surface area contributed by atoms with Crippen molar-refractivity contribution in [1.82, 2.24) is 0 Å². The van der Waals surface area contributed by atoms with Crippen LogP contribution in [0, 0.1) is 3.92 Å². The van der Waals surface area contributed by atoms with Crippen LogP contribution in [0.3, 0.4) is 0 Å². The highest BCUT2D eigenvalue weighted by molar-refractivity contribution is 14.1. The smallest absolute Gasteiger partial charge is 0.0306 e. The van der Waals surface area contributed by atoms with E-state index >= 15 is 0 Å². The van der Waals surface area contributed by atoms with Gasteiger partial charge in [-0.3, -0.25) is 0 Å². The van der Waals surface area contributed by atoms with Gasteiger partial charge in [0.2, 0.25) is 0 Å². The second kappa shape index (κ2) is 2.00. The van der Waals surface area contributed by atoms with Gasteiger partial charge in [0.15, 0.2) is 0 Å². The van der Waals surface area contributed by atoms with Gasteiger partial charge >= 0.3 is 0 Å². The standard InChI is InChI=1S/C3H6I/c1-3(2)4/h1-2H3. The second-order valence-electron chi connectivity index (χ2n) is 0.878. The Morgan fingerprint density at radius 1 is 1.50 bits per heavy atom. The van der Waals surface area contributed by atoms with Crippen molar-refractivity contribution in [2.24, 2.45) is 0 Å². The van der Waals surface area contributed by atoms with Crippen molar-refractivity contribution in [3.05, 3.63) is 3.92 Å². The first-order chi connectivity index (χ1) is 1.73. The van der Waals surface area contributed by atoms with Gasteiger partial charge in [0, 0.05) is 3.92 Å². The molecule has 0 aliphatic heterocycles. The zero-order valence-electron chi connectivity index (χ0n) is 2.88. The average molecular weight is 169 g/mol. The van der Waals surface area contributed by atoms with Crippen molar-refractivity contribution >= 4 is 22.6 Å². The highest BCUT2D eigenvalue weighted by Crippen LogP contribution is 2.02. The first-order valence-electron chi connectivity index (χ1n) is 1.19. The van der Waals surface area contributed by atoms with Crippen LogP contribution in [0.5, 0.6) is 0 Å². The van der Waals surface area contributed by atoms with E-state index in [4.69, 9.17) is 0 Å². The van der Waals surface area contributed by atoms with E-state index in [2.05, 4.69) is 36.4 Å². The van der Waals surface area contributed by atoms with Crippen molar-refractivity contribution in [2.45, 2.75) is 13.8 Å². The number of hydrogen-bond acceptors (Lipinski definition) is 0. The number of hydrogen-bond donors (Lipinski definition) is 0. The summed E-state index contributed by atoms with van der Waals surface area (Å²) in [6.07, 6.45) is 0. The normalized spacial score (nSPS) is 9.00. The molecule has 0 amide bonds. The minimum atomic E-state index is 1.39. The molecule has 0 nitrogen and oxygen atoms in total. The predicted octanol–water partition coefficient (Wildman–Crippen LogP) is 1.99. The maximum Gasteiger partial charge on any atom is 0.0306 e. The molecule has 0 heterocycles. The van der Waals surface area contributed by atoms with E-state index in [1.807, 2.05) is 0 Å². The summed E-state index contributed by atoms with van der Waals surface area (Å²) in [5.41, 5.74) is 0.